The molecule has 0 fully saturated rings. The van der Waals surface area contributed by atoms with Gasteiger partial charge in [0.2, 0.25) is 10.4 Å². The smallest absolute Gasteiger partial charge is 0.726 e. The van der Waals surface area contributed by atoms with Gasteiger partial charge < -0.3 is 4.55 Å². The van der Waals surface area contributed by atoms with Crippen molar-refractivity contribution in [3.63, 3.8) is 0 Å². The number of nitrogens with one attached hydrogen (secondary N) is 1. The van der Waals surface area contributed by atoms with Crippen molar-refractivity contribution in [1.29, 1.82) is 0 Å². The molecule has 1 aromatic rings. The van der Waals surface area contributed by atoms with Crippen LogP contribution in [0.15, 0.2) is 6.33 Å². The maximum Gasteiger partial charge on any atom is 1.00 e. The minimum Gasteiger partial charge on any atom is -0.726 e. The topological polar surface area (TPSA) is 132 Å². The monoisotopic (exact) mass is 300 g/mol. The Balaban J connectivity index is 0. The van der Waals surface area contributed by atoms with Gasteiger partial charge in [0.1, 0.15) is 0 Å². The van der Waals surface area contributed by atoms with Crippen molar-refractivity contribution < 1.29 is 86.4 Å². The zero-order valence-electron chi connectivity index (χ0n) is 5.50. The number of nitrogens with zero attached hydrogens (tertiary/aromatic N) is 3. The Kier molecular flexibility index (Phi) is 10.1. The first-order valence-electron chi connectivity index (χ1n) is 1.85. The minimum atomic E-state index is -4.92. The van der Waals surface area contributed by atoms with Crippen LogP contribution in [0.3, 0.4) is 0 Å². The van der Waals surface area contributed by atoms with E-state index in [1.54, 1.807) is 0 Å². The van der Waals surface area contributed by atoms with E-state index in [0.29, 0.717) is 0 Å². The summed E-state index contributed by atoms with van der Waals surface area (Å²) in [7, 11) is -4.92. The van der Waals surface area contributed by atoms with Gasteiger partial charge in [0, 0.05) is 0 Å². The molecule has 0 saturated heterocycles. The molecule has 0 radical (unpaired) electrons. The van der Waals surface area contributed by atoms with Crippen LogP contribution in [0.5, 0.6) is 0 Å². The van der Waals surface area contributed by atoms with E-state index < -0.39 is 10.4 Å². The van der Waals surface area contributed by atoms with E-state index in [4.69, 9.17) is 17.5 Å². The average molecular weight is 300 g/mol. The van der Waals surface area contributed by atoms with E-state index in [0.717, 1.165) is 0 Å². The molecule has 0 amide bonds. The third-order valence-electron chi connectivity index (χ3n) is 0.270. The second kappa shape index (κ2) is 7.63. The first-order chi connectivity index (χ1) is 4.50. The summed E-state index contributed by atoms with van der Waals surface area (Å²) in [4.78, 5) is 0. The average Bonchev–Trinajstić information content (AvgIpc) is 2.07. The molecule has 1 heterocycles. The molecule has 0 unspecified atom stereocenters. The molecule has 10 heteroatoms. The molecule has 0 atom stereocenters. The standard InChI is InChI=1S/CH2N4.Cs.H2O4S/c1-2-4-5-3-1;;1-5(2,3)4/h1H,(H,2,3,4,5);;(H2,1,2,3,4)/q;+1;/p-1. The van der Waals surface area contributed by atoms with Crippen LogP contribution in [-0.4, -0.2) is 38.1 Å². The fourth-order valence-corrected chi connectivity index (χ4v) is 0.129. The SMILES string of the molecule is O=S(=O)([O-])O.[Cs+].c1nn[nH]n1. The van der Waals surface area contributed by atoms with Crippen LogP contribution in [0, 0.1) is 0 Å². The van der Waals surface area contributed by atoms with Gasteiger partial charge in [0.25, 0.3) is 0 Å². The van der Waals surface area contributed by atoms with Crippen LogP contribution < -0.4 is 68.9 Å². The maximum absolute atomic E-state index is 8.63. The van der Waals surface area contributed by atoms with E-state index >= 15 is 0 Å². The third-order valence-corrected chi connectivity index (χ3v) is 0.270. The quantitative estimate of drug-likeness (QED) is 0.363. The summed E-state index contributed by atoms with van der Waals surface area (Å²) < 4.78 is 32.8. The second-order valence-corrected chi connectivity index (χ2v) is 1.84. The molecule has 0 spiro atoms. The largest absolute Gasteiger partial charge is 1.00 e. The molecule has 1 aromatic heterocycles. The third kappa shape index (κ3) is 24.8. The van der Waals surface area contributed by atoms with Crippen molar-refractivity contribution in [3.05, 3.63) is 6.33 Å². The molecule has 11 heavy (non-hydrogen) atoms. The van der Waals surface area contributed by atoms with Gasteiger partial charge in [-0.15, -0.1) is 10.2 Å². The maximum atomic E-state index is 8.63. The summed E-state index contributed by atoms with van der Waals surface area (Å²) in [5, 5.41) is 12.2. The van der Waals surface area contributed by atoms with E-state index in [1.807, 2.05) is 0 Å². The van der Waals surface area contributed by atoms with E-state index in [-0.39, 0.29) is 68.9 Å². The Morgan fingerprint density at radius 1 is 1.55 bits per heavy atom. The molecule has 0 saturated carbocycles. The van der Waals surface area contributed by atoms with Crippen molar-refractivity contribution in [3.8, 4) is 0 Å². The molecule has 2 N–H and O–H groups in total. The van der Waals surface area contributed by atoms with Crippen molar-refractivity contribution in [2.24, 2.45) is 0 Å². The van der Waals surface area contributed by atoms with Crippen molar-refractivity contribution >= 4 is 10.4 Å². The Morgan fingerprint density at radius 3 is 2.09 bits per heavy atom. The molecular formula is CH3CsN4O4S. The van der Waals surface area contributed by atoms with Crippen LogP contribution >= 0.6 is 0 Å². The van der Waals surface area contributed by atoms with E-state index in [2.05, 4.69) is 20.6 Å². The van der Waals surface area contributed by atoms with Gasteiger partial charge in [0.05, 0.1) is 0 Å². The van der Waals surface area contributed by atoms with Crippen LogP contribution in [0.2, 0.25) is 0 Å². The summed E-state index contributed by atoms with van der Waals surface area (Å²) in [6.07, 6.45) is 1.33. The van der Waals surface area contributed by atoms with Crippen LogP contribution in [-0.2, 0) is 10.4 Å². The van der Waals surface area contributed by atoms with Gasteiger partial charge in [-0.2, -0.15) is 5.21 Å². The number of H-pyrrole nitrogens is 1. The first kappa shape index (κ1) is 14.5. The molecule has 0 aliphatic rings. The van der Waals surface area contributed by atoms with Gasteiger partial charge in [-0.05, 0) is 0 Å². The molecule has 0 aromatic carbocycles. The van der Waals surface area contributed by atoms with Gasteiger partial charge in [-0.1, -0.05) is 5.21 Å². The van der Waals surface area contributed by atoms with Gasteiger partial charge in [-0.25, -0.2) is 8.42 Å². The van der Waals surface area contributed by atoms with E-state index in [9.17, 15) is 0 Å². The molecule has 0 aliphatic heterocycles. The zero-order valence-corrected chi connectivity index (χ0v) is 12.6. The predicted octanol–water partition coefficient (Wildman–Crippen LogP) is -4.79. The van der Waals surface area contributed by atoms with Crippen LogP contribution in [0.1, 0.15) is 0 Å². The molecular weight excluding hydrogens is 297 g/mol. The fraction of sp³-hybridized carbons (Fsp3) is 0. The number of tetrazole rings is 1. The second-order valence-electron chi connectivity index (χ2n) is 0.988. The van der Waals surface area contributed by atoms with Crippen LogP contribution in [0.4, 0.5) is 0 Å². The molecule has 58 valence electrons. The van der Waals surface area contributed by atoms with Gasteiger partial charge in [-0.3, -0.25) is 4.55 Å². The first-order valence-corrected chi connectivity index (χ1v) is 3.21. The molecule has 1 rings (SSSR count). The number of hydrogen-bond donors (Lipinski definition) is 2. The molecule has 8 nitrogen and oxygen atoms in total. The zero-order chi connectivity index (χ0) is 8.04. The van der Waals surface area contributed by atoms with Crippen LogP contribution in [0.25, 0.3) is 0 Å². The van der Waals surface area contributed by atoms with Crippen molar-refractivity contribution in [2.45, 2.75) is 0 Å². The summed E-state index contributed by atoms with van der Waals surface area (Å²) in [6.45, 7) is 0. The Morgan fingerprint density at radius 2 is 2.00 bits per heavy atom. The Bertz CT molecular complexity index is 218. The fourth-order valence-electron chi connectivity index (χ4n) is 0.129. The molecule has 0 aliphatic carbocycles. The van der Waals surface area contributed by atoms with Gasteiger partial charge in [0.15, 0.2) is 6.33 Å². The van der Waals surface area contributed by atoms with Crippen molar-refractivity contribution in [1.82, 2.24) is 20.6 Å². The summed E-state index contributed by atoms with van der Waals surface area (Å²) in [5.74, 6) is 0. The number of rotatable bonds is 0. The Labute approximate surface area is 121 Å². The summed E-state index contributed by atoms with van der Waals surface area (Å²) in [5.41, 5.74) is 0. The minimum absolute atomic E-state index is 0. The summed E-state index contributed by atoms with van der Waals surface area (Å²) in [6, 6.07) is 0. The Hall–Kier alpha value is 0.992. The molecule has 0 bridgehead atoms. The van der Waals surface area contributed by atoms with E-state index in [1.165, 1.54) is 6.33 Å². The van der Waals surface area contributed by atoms with Crippen molar-refractivity contribution in [2.75, 3.05) is 0 Å². The van der Waals surface area contributed by atoms with Gasteiger partial charge >= 0.3 is 68.9 Å². The number of aromatic amines is 1. The normalized spacial score (nSPS) is 8.91. The number of hydrogen-bond acceptors (Lipinski definition) is 6. The number of aromatic nitrogens is 4. The predicted molar refractivity (Wildman–Crippen MR) is 26.5 cm³/mol. The summed E-state index contributed by atoms with van der Waals surface area (Å²) >= 11 is 0.